The molecule has 6 nitrogen and oxygen atoms in total. The van der Waals surface area contributed by atoms with Crippen LogP contribution in [0.15, 0.2) is 77.9 Å². The lowest BCUT2D eigenvalue weighted by Gasteiger charge is -2.09. The van der Waals surface area contributed by atoms with Gasteiger partial charge >= 0.3 is 0 Å². The summed E-state index contributed by atoms with van der Waals surface area (Å²) in [6.45, 7) is 5.41. The number of carbonyl (C=O) groups is 1. The van der Waals surface area contributed by atoms with Crippen molar-refractivity contribution < 1.29 is 9.53 Å². The van der Waals surface area contributed by atoms with Crippen LogP contribution in [-0.4, -0.2) is 23.3 Å². The van der Waals surface area contributed by atoms with Gasteiger partial charge in [0, 0.05) is 34.3 Å². The molecule has 4 aromatic rings. The molecule has 0 aliphatic carbocycles. The molecule has 0 aliphatic heterocycles. The molecule has 0 aliphatic rings. The Morgan fingerprint density at radius 2 is 1.82 bits per heavy atom. The third-order valence-electron chi connectivity index (χ3n) is 5.65. The smallest absolute Gasteiger partial charge is 0.271 e. The summed E-state index contributed by atoms with van der Waals surface area (Å²) in [5.41, 5.74) is 7.96. The number of hydrazone groups is 1. The molecule has 170 valence electrons. The van der Waals surface area contributed by atoms with E-state index in [1.54, 1.807) is 30.5 Å². The number of benzene rings is 3. The average Bonchev–Trinajstić information content (AvgIpc) is 3.14. The Kier molecular flexibility index (Phi) is 7.04. The molecule has 1 aromatic heterocycles. The Morgan fingerprint density at radius 3 is 2.53 bits per heavy atom. The van der Waals surface area contributed by atoms with E-state index in [1.165, 1.54) is 0 Å². The van der Waals surface area contributed by atoms with Crippen LogP contribution in [0.5, 0.6) is 5.75 Å². The van der Waals surface area contributed by atoms with Gasteiger partial charge in [-0.3, -0.25) is 4.79 Å². The average molecular weight is 451 g/mol. The van der Waals surface area contributed by atoms with E-state index in [-0.39, 0.29) is 5.91 Å². The van der Waals surface area contributed by atoms with Gasteiger partial charge < -0.3 is 9.30 Å². The number of fused-ring (bicyclic) bond motifs is 1. The molecule has 0 atom stereocenters. The molecule has 34 heavy (non-hydrogen) atoms. The fraction of sp³-hybridized carbons (Fsp3) is 0.179. The first-order valence-electron chi connectivity index (χ1n) is 11.2. The zero-order valence-electron chi connectivity index (χ0n) is 19.3. The minimum absolute atomic E-state index is 0.280. The van der Waals surface area contributed by atoms with Crippen LogP contribution in [0.2, 0.25) is 0 Å². The van der Waals surface area contributed by atoms with Crippen molar-refractivity contribution in [3.05, 3.63) is 101 Å². The van der Waals surface area contributed by atoms with Crippen LogP contribution in [0.4, 0.5) is 0 Å². The van der Waals surface area contributed by atoms with Crippen molar-refractivity contribution in [1.82, 2.24) is 9.99 Å². The first-order chi connectivity index (χ1) is 16.6. The van der Waals surface area contributed by atoms with Crippen LogP contribution < -0.4 is 10.2 Å². The molecule has 1 heterocycles. The molecule has 0 saturated heterocycles. The van der Waals surface area contributed by atoms with Crippen molar-refractivity contribution >= 4 is 23.0 Å². The van der Waals surface area contributed by atoms with Crippen molar-refractivity contribution in [2.75, 3.05) is 6.61 Å². The summed E-state index contributed by atoms with van der Waals surface area (Å²) in [6, 6.07) is 24.9. The molecule has 0 radical (unpaired) electrons. The van der Waals surface area contributed by atoms with Crippen LogP contribution in [-0.2, 0) is 6.54 Å². The third-order valence-corrected chi connectivity index (χ3v) is 5.65. The van der Waals surface area contributed by atoms with E-state index in [1.807, 2.05) is 50.2 Å². The van der Waals surface area contributed by atoms with Crippen molar-refractivity contribution in [3.8, 4) is 11.8 Å². The summed E-state index contributed by atoms with van der Waals surface area (Å²) in [5.74, 6) is 0.463. The number of nitriles is 1. The Bertz CT molecular complexity index is 1360. The van der Waals surface area contributed by atoms with Gasteiger partial charge in [-0.2, -0.15) is 10.4 Å². The van der Waals surface area contributed by atoms with Gasteiger partial charge in [0.15, 0.2) is 0 Å². The quantitative estimate of drug-likeness (QED) is 0.287. The summed E-state index contributed by atoms with van der Waals surface area (Å²) < 4.78 is 7.78. The third kappa shape index (κ3) is 5.00. The molecule has 4 rings (SSSR count). The van der Waals surface area contributed by atoms with Crippen LogP contribution in [0.1, 0.15) is 46.1 Å². The largest absolute Gasteiger partial charge is 0.494 e. The molecule has 0 fully saturated rings. The molecular formula is C28H26N4O2. The number of hydrogen-bond acceptors (Lipinski definition) is 4. The summed E-state index contributed by atoms with van der Waals surface area (Å²) in [7, 11) is 0. The van der Waals surface area contributed by atoms with Gasteiger partial charge in [0.2, 0.25) is 0 Å². The summed E-state index contributed by atoms with van der Waals surface area (Å²) in [4.78, 5) is 12.5. The second-order valence-electron chi connectivity index (χ2n) is 7.98. The molecule has 0 saturated carbocycles. The number of nitrogens with one attached hydrogen (secondary N) is 1. The molecule has 1 amide bonds. The number of rotatable bonds is 8. The van der Waals surface area contributed by atoms with Gasteiger partial charge in [0.1, 0.15) is 5.75 Å². The molecule has 0 spiro atoms. The van der Waals surface area contributed by atoms with Gasteiger partial charge in [0.05, 0.1) is 24.5 Å². The zero-order valence-corrected chi connectivity index (χ0v) is 19.3. The van der Waals surface area contributed by atoms with Crippen molar-refractivity contribution in [1.29, 1.82) is 5.26 Å². The number of aromatic nitrogens is 1. The normalized spacial score (nSPS) is 11.0. The monoisotopic (exact) mass is 450 g/mol. The Morgan fingerprint density at radius 1 is 1.09 bits per heavy atom. The maximum Gasteiger partial charge on any atom is 0.271 e. The van der Waals surface area contributed by atoms with Gasteiger partial charge in [-0.15, -0.1) is 0 Å². The van der Waals surface area contributed by atoms with Gasteiger partial charge in [-0.05, 0) is 61.4 Å². The molecule has 3 aromatic carbocycles. The standard InChI is InChI=1S/C28H26N4O2/c1-3-16-34-24-14-12-23(13-15-24)28(33)31-30-18-26-20(2)32(27-7-5-4-6-25(26)27)19-22-10-8-21(17-29)9-11-22/h4-15,18H,3,16,19H2,1-2H3,(H,31,33)/b30-18-. The second kappa shape index (κ2) is 10.5. The lowest BCUT2D eigenvalue weighted by molar-refractivity contribution is 0.0955. The highest BCUT2D eigenvalue weighted by Crippen LogP contribution is 2.25. The predicted octanol–water partition coefficient (Wildman–Crippen LogP) is 5.42. The SMILES string of the molecule is CCCOc1ccc(C(=O)N/N=C\c2c(C)n(Cc3ccc(C#N)cc3)c3ccccc23)cc1. The van der Waals surface area contributed by atoms with Gasteiger partial charge in [0.25, 0.3) is 5.91 Å². The predicted molar refractivity (Wildman–Crippen MR) is 134 cm³/mol. The first-order valence-corrected chi connectivity index (χ1v) is 11.2. The Balaban J connectivity index is 1.53. The maximum atomic E-state index is 12.5. The lowest BCUT2D eigenvalue weighted by atomic mass is 10.1. The summed E-state index contributed by atoms with van der Waals surface area (Å²) in [6.07, 6.45) is 2.63. The molecule has 0 bridgehead atoms. The van der Waals surface area contributed by atoms with E-state index in [0.717, 1.165) is 39.9 Å². The van der Waals surface area contributed by atoms with Crippen LogP contribution in [0.25, 0.3) is 10.9 Å². The highest BCUT2D eigenvalue weighted by molar-refractivity contribution is 6.02. The highest BCUT2D eigenvalue weighted by atomic mass is 16.5. The van der Waals surface area contributed by atoms with Gasteiger partial charge in [-0.25, -0.2) is 5.43 Å². The van der Waals surface area contributed by atoms with Gasteiger partial charge in [-0.1, -0.05) is 37.3 Å². The van der Waals surface area contributed by atoms with E-state index in [4.69, 9.17) is 10.00 Å². The maximum absolute atomic E-state index is 12.5. The number of amides is 1. The van der Waals surface area contributed by atoms with Crippen LogP contribution in [0, 0.1) is 18.3 Å². The van der Waals surface area contributed by atoms with E-state index >= 15 is 0 Å². The summed E-state index contributed by atoms with van der Waals surface area (Å²) in [5, 5.41) is 14.3. The topological polar surface area (TPSA) is 79.4 Å². The van der Waals surface area contributed by atoms with E-state index in [9.17, 15) is 4.79 Å². The number of para-hydroxylation sites is 1. The van der Waals surface area contributed by atoms with Crippen molar-refractivity contribution in [2.45, 2.75) is 26.8 Å². The molecule has 0 unspecified atom stereocenters. The van der Waals surface area contributed by atoms with E-state index in [2.05, 4.69) is 33.3 Å². The lowest BCUT2D eigenvalue weighted by Crippen LogP contribution is -2.17. The number of carbonyl (C=O) groups excluding carboxylic acids is 1. The fourth-order valence-corrected chi connectivity index (χ4v) is 3.83. The van der Waals surface area contributed by atoms with E-state index < -0.39 is 0 Å². The Hall–Kier alpha value is -4.37. The number of hydrogen-bond donors (Lipinski definition) is 1. The minimum atomic E-state index is -0.280. The number of nitrogens with zero attached hydrogens (tertiary/aromatic N) is 3. The molecular weight excluding hydrogens is 424 g/mol. The highest BCUT2D eigenvalue weighted by Gasteiger charge is 2.13. The molecule has 1 N–H and O–H groups in total. The van der Waals surface area contributed by atoms with Crippen LogP contribution >= 0.6 is 0 Å². The minimum Gasteiger partial charge on any atom is -0.494 e. The van der Waals surface area contributed by atoms with Crippen LogP contribution in [0.3, 0.4) is 0 Å². The molecule has 6 heteroatoms. The first kappa shape index (κ1) is 22.8. The van der Waals surface area contributed by atoms with E-state index in [0.29, 0.717) is 24.3 Å². The van der Waals surface area contributed by atoms with Crippen molar-refractivity contribution in [2.24, 2.45) is 5.10 Å². The van der Waals surface area contributed by atoms with Crippen molar-refractivity contribution in [3.63, 3.8) is 0 Å². The second-order valence-corrected chi connectivity index (χ2v) is 7.98. The summed E-state index contributed by atoms with van der Waals surface area (Å²) >= 11 is 0. The fourth-order valence-electron chi connectivity index (χ4n) is 3.83. The number of ether oxygens (including phenoxy) is 1. The zero-order chi connectivity index (χ0) is 23.9. The Labute approximate surface area is 199 Å².